The van der Waals surface area contributed by atoms with Crippen LogP contribution in [0.3, 0.4) is 0 Å². The van der Waals surface area contributed by atoms with Crippen LogP contribution in [0.25, 0.3) is 0 Å². The average Bonchev–Trinajstić information content (AvgIpc) is 2.59. The highest BCUT2D eigenvalue weighted by atomic mass is 79.9. The Bertz CT molecular complexity index is 854. The minimum Gasteiger partial charge on any atom is -0.493 e. The first kappa shape index (κ1) is 20.5. The van der Waals surface area contributed by atoms with Gasteiger partial charge in [0.2, 0.25) is 10.0 Å². The van der Waals surface area contributed by atoms with Crippen LogP contribution in [-0.4, -0.2) is 28.9 Å². The van der Waals surface area contributed by atoms with Crippen LogP contribution in [0, 0.1) is 0 Å². The zero-order valence-corrected chi connectivity index (χ0v) is 17.6. The summed E-state index contributed by atoms with van der Waals surface area (Å²) in [6, 6.07) is 11.2. The monoisotopic (exact) mass is 442 g/mol. The largest absolute Gasteiger partial charge is 0.493 e. The molecule has 0 heterocycles. The summed E-state index contributed by atoms with van der Waals surface area (Å²) < 4.78 is 36.5. The van der Waals surface area contributed by atoms with E-state index in [-0.39, 0.29) is 6.04 Å². The summed E-state index contributed by atoms with van der Waals surface area (Å²) in [6.45, 7) is 2.68. The van der Waals surface area contributed by atoms with Crippen molar-refractivity contribution in [3.05, 3.63) is 52.0 Å². The van der Waals surface area contributed by atoms with Crippen molar-refractivity contribution < 1.29 is 17.9 Å². The van der Waals surface area contributed by atoms with E-state index in [2.05, 4.69) is 26.0 Å². The third-order valence-electron chi connectivity index (χ3n) is 3.87. The summed E-state index contributed by atoms with van der Waals surface area (Å²) in [6.07, 6.45) is 1.13. The lowest BCUT2D eigenvalue weighted by Crippen LogP contribution is -2.18. The van der Waals surface area contributed by atoms with Gasteiger partial charge in [0.15, 0.2) is 11.5 Å². The Labute approximate surface area is 163 Å². The molecule has 6 nitrogen and oxygen atoms in total. The first-order valence-corrected chi connectivity index (χ1v) is 10.6. The van der Waals surface area contributed by atoms with Gasteiger partial charge < -0.3 is 14.8 Å². The molecule has 0 bridgehead atoms. The van der Waals surface area contributed by atoms with Crippen LogP contribution >= 0.6 is 15.9 Å². The van der Waals surface area contributed by atoms with Crippen LogP contribution in [0.4, 0.5) is 5.69 Å². The van der Waals surface area contributed by atoms with Crippen molar-refractivity contribution in [3.8, 4) is 11.5 Å². The van der Waals surface area contributed by atoms with E-state index in [1.54, 1.807) is 26.4 Å². The molecule has 0 aliphatic rings. The normalized spacial score (nSPS) is 12.5. The molecule has 142 valence electrons. The molecule has 2 N–H and O–H groups in total. The van der Waals surface area contributed by atoms with Crippen molar-refractivity contribution in [2.45, 2.75) is 19.5 Å². The average molecular weight is 443 g/mol. The van der Waals surface area contributed by atoms with Gasteiger partial charge in [-0.05, 0) is 42.3 Å². The third-order valence-corrected chi connectivity index (χ3v) is 5.21. The van der Waals surface area contributed by atoms with Gasteiger partial charge in [0.25, 0.3) is 0 Å². The van der Waals surface area contributed by atoms with Crippen molar-refractivity contribution in [1.82, 2.24) is 5.32 Å². The number of halogens is 1. The molecule has 0 saturated carbocycles. The predicted molar refractivity (Wildman–Crippen MR) is 107 cm³/mol. The Morgan fingerprint density at radius 3 is 2.19 bits per heavy atom. The Morgan fingerprint density at radius 1 is 1.08 bits per heavy atom. The molecule has 2 rings (SSSR count). The van der Waals surface area contributed by atoms with Crippen molar-refractivity contribution in [1.29, 1.82) is 0 Å². The Hall–Kier alpha value is -1.77. The minimum atomic E-state index is -3.27. The molecule has 0 aliphatic heterocycles. The summed E-state index contributed by atoms with van der Waals surface area (Å²) in [5, 5.41) is 3.45. The number of anilines is 1. The van der Waals surface area contributed by atoms with Crippen LogP contribution in [0.5, 0.6) is 11.5 Å². The molecule has 0 saturated heterocycles. The van der Waals surface area contributed by atoms with E-state index in [1.165, 1.54) is 0 Å². The van der Waals surface area contributed by atoms with Gasteiger partial charge in [-0.3, -0.25) is 4.72 Å². The topological polar surface area (TPSA) is 76.7 Å². The molecule has 1 unspecified atom stereocenters. The summed E-state index contributed by atoms with van der Waals surface area (Å²) >= 11 is 3.55. The Kier molecular flexibility index (Phi) is 6.91. The maximum Gasteiger partial charge on any atom is 0.229 e. The fourth-order valence-corrected chi connectivity index (χ4v) is 3.49. The SMILES string of the molecule is COc1cc(Br)c(CNC(C)c2ccc(NS(C)(=O)=O)cc2)cc1OC. The molecule has 2 aromatic rings. The first-order valence-electron chi connectivity index (χ1n) is 7.95. The maximum absolute atomic E-state index is 11.3. The molecule has 2 aromatic carbocycles. The number of hydrogen-bond donors (Lipinski definition) is 2. The third kappa shape index (κ3) is 5.62. The molecule has 0 spiro atoms. The van der Waals surface area contributed by atoms with Crippen molar-refractivity contribution >= 4 is 31.6 Å². The minimum absolute atomic E-state index is 0.0854. The Morgan fingerprint density at radius 2 is 1.65 bits per heavy atom. The van der Waals surface area contributed by atoms with Crippen molar-refractivity contribution in [2.24, 2.45) is 0 Å². The molecule has 0 aliphatic carbocycles. The molecular weight excluding hydrogens is 420 g/mol. The number of benzene rings is 2. The second kappa shape index (κ2) is 8.75. The van der Waals surface area contributed by atoms with Gasteiger partial charge in [0, 0.05) is 22.7 Å². The van der Waals surface area contributed by atoms with Crippen LogP contribution in [-0.2, 0) is 16.6 Å². The lowest BCUT2D eigenvalue weighted by molar-refractivity contribution is 0.354. The Balaban J connectivity index is 2.05. The quantitative estimate of drug-likeness (QED) is 0.651. The maximum atomic E-state index is 11.3. The van der Waals surface area contributed by atoms with E-state index in [0.717, 1.165) is 21.9 Å². The van der Waals surface area contributed by atoms with E-state index >= 15 is 0 Å². The van der Waals surface area contributed by atoms with Crippen molar-refractivity contribution in [2.75, 3.05) is 25.2 Å². The van der Waals surface area contributed by atoms with Gasteiger partial charge >= 0.3 is 0 Å². The van der Waals surface area contributed by atoms with E-state index in [4.69, 9.17) is 9.47 Å². The summed E-state index contributed by atoms with van der Waals surface area (Å²) in [5.41, 5.74) is 2.65. The zero-order chi connectivity index (χ0) is 19.3. The van der Waals surface area contributed by atoms with Crippen LogP contribution in [0.2, 0.25) is 0 Å². The summed E-state index contributed by atoms with van der Waals surface area (Å²) in [7, 11) is -0.0541. The number of sulfonamides is 1. The van der Waals surface area contributed by atoms with Crippen LogP contribution < -0.4 is 19.5 Å². The second-order valence-electron chi connectivity index (χ2n) is 5.90. The number of hydrogen-bond acceptors (Lipinski definition) is 5. The number of methoxy groups -OCH3 is 2. The molecular formula is C18H23BrN2O4S. The standard InChI is InChI=1S/C18H23BrN2O4S/c1-12(13-5-7-15(8-6-13)21-26(4,22)23)20-11-14-9-17(24-2)18(25-3)10-16(14)19/h5-10,12,20-21H,11H2,1-4H3. The van der Waals surface area contributed by atoms with Gasteiger partial charge in [-0.15, -0.1) is 0 Å². The van der Waals surface area contributed by atoms with E-state index in [9.17, 15) is 8.42 Å². The lowest BCUT2D eigenvalue weighted by atomic mass is 10.1. The summed E-state index contributed by atoms with van der Waals surface area (Å²) in [5.74, 6) is 1.35. The van der Waals surface area contributed by atoms with Gasteiger partial charge in [-0.2, -0.15) is 0 Å². The van der Waals surface area contributed by atoms with Crippen LogP contribution in [0.1, 0.15) is 24.1 Å². The second-order valence-corrected chi connectivity index (χ2v) is 8.50. The van der Waals surface area contributed by atoms with E-state index in [0.29, 0.717) is 23.7 Å². The predicted octanol–water partition coefficient (Wildman–Crippen LogP) is 3.69. The first-order chi connectivity index (χ1) is 12.2. The lowest BCUT2D eigenvalue weighted by Gasteiger charge is -2.17. The molecule has 26 heavy (non-hydrogen) atoms. The van der Waals surface area contributed by atoms with Gasteiger partial charge in [-0.1, -0.05) is 28.1 Å². The molecule has 0 amide bonds. The van der Waals surface area contributed by atoms with Crippen LogP contribution in [0.15, 0.2) is 40.9 Å². The number of ether oxygens (including phenoxy) is 2. The fraction of sp³-hybridized carbons (Fsp3) is 0.333. The number of rotatable bonds is 8. The van der Waals surface area contributed by atoms with E-state index < -0.39 is 10.0 Å². The summed E-state index contributed by atoms with van der Waals surface area (Å²) in [4.78, 5) is 0. The molecule has 1 atom stereocenters. The molecule has 0 radical (unpaired) electrons. The van der Waals surface area contributed by atoms with Crippen molar-refractivity contribution in [3.63, 3.8) is 0 Å². The van der Waals surface area contributed by atoms with E-state index in [1.807, 2.05) is 31.2 Å². The molecule has 0 fully saturated rings. The molecule has 0 aromatic heterocycles. The van der Waals surface area contributed by atoms with Gasteiger partial charge in [-0.25, -0.2) is 8.42 Å². The highest BCUT2D eigenvalue weighted by Crippen LogP contribution is 2.33. The zero-order valence-electron chi connectivity index (χ0n) is 15.2. The highest BCUT2D eigenvalue weighted by molar-refractivity contribution is 9.10. The fourth-order valence-electron chi connectivity index (χ4n) is 2.47. The van der Waals surface area contributed by atoms with Gasteiger partial charge in [0.1, 0.15) is 0 Å². The number of nitrogens with one attached hydrogen (secondary N) is 2. The molecule has 8 heteroatoms. The van der Waals surface area contributed by atoms with Gasteiger partial charge in [0.05, 0.1) is 20.5 Å². The smallest absolute Gasteiger partial charge is 0.229 e. The highest BCUT2D eigenvalue weighted by Gasteiger charge is 2.11.